The van der Waals surface area contributed by atoms with Gasteiger partial charge in [-0.25, -0.2) is 4.79 Å². The molecule has 0 aromatic heterocycles. The number of likely N-dealkylation sites (N-methyl/N-ethyl adjacent to an activating group) is 1. The highest BCUT2D eigenvalue weighted by Gasteiger charge is 2.35. The van der Waals surface area contributed by atoms with E-state index < -0.39 is 0 Å². The maximum absolute atomic E-state index is 12.5. The lowest BCUT2D eigenvalue weighted by molar-refractivity contribution is 0.188. The topological polar surface area (TPSA) is 44.8 Å². The van der Waals surface area contributed by atoms with Crippen LogP contribution in [0.5, 0.6) is 5.75 Å². The van der Waals surface area contributed by atoms with E-state index in [0.29, 0.717) is 18.6 Å². The van der Waals surface area contributed by atoms with Gasteiger partial charge in [0, 0.05) is 31.7 Å². The minimum Gasteiger partial charge on any atom is -0.491 e. The average Bonchev–Trinajstić information content (AvgIpc) is 2.81. The van der Waals surface area contributed by atoms with Crippen molar-refractivity contribution in [3.63, 3.8) is 0 Å². The van der Waals surface area contributed by atoms with Crippen LogP contribution in [0.25, 0.3) is 0 Å². The van der Waals surface area contributed by atoms with Crippen molar-refractivity contribution in [1.29, 1.82) is 0 Å². The summed E-state index contributed by atoms with van der Waals surface area (Å²) in [4.78, 5) is 16.9. The molecule has 25 heavy (non-hydrogen) atoms. The van der Waals surface area contributed by atoms with Crippen LogP contribution in [0.15, 0.2) is 24.3 Å². The molecule has 1 aromatic rings. The molecule has 0 aliphatic carbocycles. The Morgan fingerprint density at radius 2 is 1.92 bits per heavy atom. The number of benzene rings is 1. The second-order valence-electron chi connectivity index (χ2n) is 7.58. The molecule has 2 heterocycles. The molecular weight excluding hydrogens is 314 g/mol. The summed E-state index contributed by atoms with van der Waals surface area (Å²) in [5, 5.41) is 3.09. The van der Waals surface area contributed by atoms with Gasteiger partial charge in [-0.05, 0) is 64.3 Å². The third kappa shape index (κ3) is 4.66. The average molecular weight is 345 g/mol. The number of carbonyl (C=O) groups excluding carboxylic acids is 1. The molecule has 5 nitrogen and oxygen atoms in total. The van der Waals surface area contributed by atoms with Crippen molar-refractivity contribution in [2.24, 2.45) is 0 Å². The Labute approximate surface area is 151 Å². The molecule has 0 radical (unpaired) electrons. The SMILES string of the molecule is CC(C)Oc1ccc(CCNC(=O)N2CCC3CCC(C2)N3C)cc1. The van der Waals surface area contributed by atoms with Crippen LogP contribution in [0, 0.1) is 0 Å². The molecule has 138 valence electrons. The zero-order chi connectivity index (χ0) is 17.8. The van der Waals surface area contributed by atoms with Gasteiger partial charge in [-0.3, -0.25) is 4.90 Å². The second kappa shape index (κ2) is 8.09. The molecule has 1 N–H and O–H groups in total. The van der Waals surface area contributed by atoms with Gasteiger partial charge in [-0.15, -0.1) is 0 Å². The predicted octanol–water partition coefficient (Wildman–Crippen LogP) is 2.89. The van der Waals surface area contributed by atoms with Gasteiger partial charge in [0.1, 0.15) is 5.75 Å². The van der Waals surface area contributed by atoms with Crippen molar-refractivity contribution < 1.29 is 9.53 Å². The third-order valence-corrected chi connectivity index (χ3v) is 5.42. The van der Waals surface area contributed by atoms with Crippen LogP contribution in [0.4, 0.5) is 4.79 Å². The molecule has 2 bridgehead atoms. The Bertz CT molecular complexity index is 573. The van der Waals surface area contributed by atoms with E-state index in [4.69, 9.17) is 4.74 Å². The molecule has 5 heteroatoms. The quantitative estimate of drug-likeness (QED) is 0.892. The second-order valence-corrected chi connectivity index (χ2v) is 7.58. The van der Waals surface area contributed by atoms with Crippen molar-refractivity contribution in [2.45, 2.75) is 57.7 Å². The number of rotatable bonds is 5. The number of nitrogens with one attached hydrogen (secondary N) is 1. The number of fused-ring (bicyclic) bond motifs is 2. The number of hydrogen-bond acceptors (Lipinski definition) is 3. The minimum atomic E-state index is 0.0840. The zero-order valence-corrected chi connectivity index (χ0v) is 15.7. The highest BCUT2D eigenvalue weighted by molar-refractivity contribution is 5.74. The maximum Gasteiger partial charge on any atom is 0.317 e. The fraction of sp³-hybridized carbons (Fsp3) is 0.650. The first-order valence-corrected chi connectivity index (χ1v) is 9.53. The molecule has 0 spiro atoms. The fourth-order valence-corrected chi connectivity index (χ4v) is 3.93. The number of ether oxygens (including phenoxy) is 1. The molecular formula is C20H31N3O2. The van der Waals surface area contributed by atoms with Crippen LogP contribution in [0.1, 0.15) is 38.7 Å². The molecule has 2 saturated heterocycles. The van der Waals surface area contributed by atoms with Gasteiger partial charge in [0.05, 0.1) is 6.10 Å². The Morgan fingerprint density at radius 3 is 2.64 bits per heavy atom. The first-order valence-electron chi connectivity index (χ1n) is 9.53. The number of urea groups is 1. The van der Waals surface area contributed by atoms with E-state index in [1.165, 1.54) is 18.4 Å². The summed E-state index contributed by atoms with van der Waals surface area (Å²) in [5.41, 5.74) is 1.21. The van der Waals surface area contributed by atoms with Gasteiger partial charge in [0.25, 0.3) is 0 Å². The van der Waals surface area contributed by atoms with Gasteiger partial charge < -0.3 is 15.0 Å². The number of amides is 2. The van der Waals surface area contributed by atoms with E-state index in [0.717, 1.165) is 31.7 Å². The summed E-state index contributed by atoms with van der Waals surface area (Å²) in [6.07, 6.45) is 4.63. The standard InChI is InChI=1S/C20H31N3O2/c1-15(2)25-19-8-4-16(5-9-19)10-12-21-20(24)23-13-11-17-6-7-18(14-23)22(17)3/h4-5,8-9,15,17-18H,6-7,10-14H2,1-3H3,(H,21,24). The molecule has 2 fully saturated rings. The van der Waals surface area contributed by atoms with Crippen molar-refractivity contribution in [3.05, 3.63) is 29.8 Å². The smallest absolute Gasteiger partial charge is 0.317 e. The monoisotopic (exact) mass is 345 g/mol. The molecule has 2 aliphatic rings. The Morgan fingerprint density at radius 1 is 1.20 bits per heavy atom. The van der Waals surface area contributed by atoms with Gasteiger partial charge in [0.2, 0.25) is 0 Å². The highest BCUT2D eigenvalue weighted by Crippen LogP contribution is 2.28. The number of nitrogens with zero attached hydrogens (tertiary/aromatic N) is 2. The lowest BCUT2D eigenvalue weighted by Crippen LogP contribution is -2.45. The van der Waals surface area contributed by atoms with Gasteiger partial charge in [0.15, 0.2) is 0 Å². The van der Waals surface area contributed by atoms with Crippen LogP contribution in [0.2, 0.25) is 0 Å². The highest BCUT2D eigenvalue weighted by atomic mass is 16.5. The molecule has 2 unspecified atom stereocenters. The number of carbonyl (C=O) groups is 1. The maximum atomic E-state index is 12.5. The summed E-state index contributed by atoms with van der Waals surface area (Å²) in [6.45, 7) is 6.45. The lowest BCUT2D eigenvalue weighted by atomic mass is 10.1. The first-order chi connectivity index (χ1) is 12.0. The van der Waals surface area contributed by atoms with Crippen LogP contribution in [-0.4, -0.2) is 60.7 Å². The molecule has 0 saturated carbocycles. The molecule has 2 atom stereocenters. The zero-order valence-electron chi connectivity index (χ0n) is 15.7. The van der Waals surface area contributed by atoms with Crippen molar-refractivity contribution >= 4 is 6.03 Å². The van der Waals surface area contributed by atoms with Crippen LogP contribution in [0.3, 0.4) is 0 Å². The van der Waals surface area contributed by atoms with Crippen LogP contribution in [-0.2, 0) is 6.42 Å². The number of likely N-dealkylation sites (tertiary alicyclic amines) is 1. The normalized spacial score (nSPS) is 23.6. The first kappa shape index (κ1) is 18.1. The molecule has 1 aromatic carbocycles. The lowest BCUT2D eigenvalue weighted by Gasteiger charge is -2.26. The van der Waals surface area contributed by atoms with Crippen molar-refractivity contribution in [3.8, 4) is 5.75 Å². The Hall–Kier alpha value is -1.75. The van der Waals surface area contributed by atoms with Gasteiger partial charge >= 0.3 is 6.03 Å². The summed E-state index contributed by atoms with van der Waals surface area (Å²) in [6, 6.07) is 9.42. The van der Waals surface area contributed by atoms with E-state index in [-0.39, 0.29) is 12.1 Å². The summed E-state index contributed by atoms with van der Waals surface area (Å²) in [7, 11) is 2.20. The van der Waals surface area contributed by atoms with E-state index in [2.05, 4.69) is 29.4 Å². The summed E-state index contributed by atoms with van der Waals surface area (Å²) < 4.78 is 5.66. The number of hydrogen-bond donors (Lipinski definition) is 1. The van der Waals surface area contributed by atoms with E-state index >= 15 is 0 Å². The van der Waals surface area contributed by atoms with Crippen LogP contribution < -0.4 is 10.1 Å². The van der Waals surface area contributed by atoms with Crippen molar-refractivity contribution in [2.75, 3.05) is 26.7 Å². The fourth-order valence-electron chi connectivity index (χ4n) is 3.93. The molecule has 2 aliphatic heterocycles. The summed E-state index contributed by atoms with van der Waals surface area (Å²) in [5.74, 6) is 0.895. The van der Waals surface area contributed by atoms with E-state index in [1.54, 1.807) is 0 Å². The Balaban J connectivity index is 1.43. The largest absolute Gasteiger partial charge is 0.491 e. The Kier molecular flexibility index (Phi) is 5.84. The van der Waals surface area contributed by atoms with Gasteiger partial charge in [-0.2, -0.15) is 0 Å². The third-order valence-electron chi connectivity index (χ3n) is 5.42. The van der Waals surface area contributed by atoms with Crippen molar-refractivity contribution in [1.82, 2.24) is 15.1 Å². The van der Waals surface area contributed by atoms with E-state index in [9.17, 15) is 4.79 Å². The van der Waals surface area contributed by atoms with Gasteiger partial charge in [-0.1, -0.05) is 12.1 Å². The van der Waals surface area contributed by atoms with E-state index in [1.807, 2.05) is 30.9 Å². The molecule has 2 amide bonds. The van der Waals surface area contributed by atoms with Crippen LogP contribution >= 0.6 is 0 Å². The molecule has 3 rings (SSSR count). The summed E-state index contributed by atoms with van der Waals surface area (Å²) >= 11 is 0. The minimum absolute atomic E-state index is 0.0840. The predicted molar refractivity (Wildman–Crippen MR) is 100 cm³/mol.